The third kappa shape index (κ3) is 6.58. The van der Waals surface area contributed by atoms with E-state index < -0.39 is 0 Å². The molecule has 4 bridgehead atoms. The van der Waals surface area contributed by atoms with Crippen LogP contribution >= 0.6 is 0 Å². The van der Waals surface area contributed by atoms with Crippen molar-refractivity contribution >= 4 is 32.6 Å². The normalized spacial score (nSPS) is 27.4. The van der Waals surface area contributed by atoms with Crippen LogP contribution in [0.4, 0.5) is 0 Å². The van der Waals surface area contributed by atoms with Crippen LogP contribution in [0.5, 0.6) is 23.3 Å². The second-order valence-electron chi connectivity index (χ2n) is 17.0. The molecule has 6 aliphatic heterocycles. The Labute approximate surface area is 340 Å². The first-order chi connectivity index (χ1) is 28.5. The van der Waals surface area contributed by atoms with Gasteiger partial charge in [-0.3, -0.25) is 19.8 Å². The van der Waals surface area contributed by atoms with Crippen molar-refractivity contribution in [1.82, 2.24) is 30.0 Å². The minimum Gasteiger partial charge on any atom is -0.497 e. The van der Waals surface area contributed by atoms with Crippen molar-refractivity contribution in [3.63, 3.8) is 0 Å². The smallest absolute Gasteiger partial charge is 0.242 e. The summed E-state index contributed by atoms with van der Waals surface area (Å²) in [6, 6.07) is 25.1. The van der Waals surface area contributed by atoms with E-state index in [1.807, 2.05) is 36.7 Å². The summed E-state index contributed by atoms with van der Waals surface area (Å²) < 4.78 is 26.0. The lowest BCUT2D eigenvalue weighted by Crippen LogP contribution is -2.56. The average Bonchev–Trinajstić information content (AvgIpc) is 3.29. The summed E-state index contributed by atoms with van der Waals surface area (Å²) in [5, 5.41) is 13.7. The zero-order valence-corrected chi connectivity index (χ0v) is 34.1. The van der Waals surface area contributed by atoms with Gasteiger partial charge in [0.05, 0.1) is 48.1 Å². The molecule has 58 heavy (non-hydrogen) atoms. The predicted molar refractivity (Wildman–Crippen MR) is 227 cm³/mol. The summed E-state index contributed by atoms with van der Waals surface area (Å²) >= 11 is 0. The number of ether oxygens (including phenoxy) is 4. The Morgan fingerprint density at radius 3 is 1.47 bits per heavy atom. The lowest BCUT2D eigenvalue weighted by atomic mass is 9.72. The Bertz CT molecular complexity index is 2280. The Kier molecular flexibility index (Phi) is 10.0. The van der Waals surface area contributed by atoms with Gasteiger partial charge in [-0.15, -0.1) is 10.2 Å². The van der Waals surface area contributed by atoms with Gasteiger partial charge >= 0.3 is 0 Å². The van der Waals surface area contributed by atoms with Crippen molar-refractivity contribution in [1.29, 1.82) is 0 Å². The van der Waals surface area contributed by atoms with Crippen LogP contribution < -0.4 is 18.9 Å². The molecule has 7 unspecified atom stereocenters. The third-order valence-electron chi connectivity index (χ3n) is 14.3. The number of methoxy groups -OCH3 is 2. The summed E-state index contributed by atoms with van der Waals surface area (Å²) in [6.45, 7) is 9.00. The van der Waals surface area contributed by atoms with Gasteiger partial charge in [-0.2, -0.15) is 0 Å². The lowest BCUT2D eigenvalue weighted by Gasteiger charge is -2.52. The van der Waals surface area contributed by atoms with Gasteiger partial charge in [-0.1, -0.05) is 38.8 Å². The van der Waals surface area contributed by atoms with Crippen molar-refractivity contribution < 1.29 is 18.9 Å². The highest BCUT2D eigenvalue weighted by molar-refractivity contribution is 5.91. The first-order valence-electron chi connectivity index (χ1n) is 21.5. The van der Waals surface area contributed by atoms with E-state index in [9.17, 15) is 0 Å². The molecule has 6 aromatic rings. The minimum atomic E-state index is -0.300. The highest BCUT2D eigenvalue weighted by Gasteiger charge is 2.46. The van der Waals surface area contributed by atoms with Crippen LogP contribution in [0, 0.1) is 23.7 Å². The number of hydrogen-bond donors (Lipinski definition) is 0. The molecule has 6 aliphatic rings. The fourth-order valence-electron chi connectivity index (χ4n) is 11.1. The van der Waals surface area contributed by atoms with Crippen LogP contribution in [0.1, 0.15) is 75.7 Å². The highest BCUT2D eigenvalue weighted by Crippen LogP contribution is 2.47. The van der Waals surface area contributed by atoms with Crippen molar-refractivity contribution in [2.24, 2.45) is 23.7 Å². The highest BCUT2D eigenvalue weighted by atomic mass is 16.5. The summed E-state index contributed by atoms with van der Waals surface area (Å²) in [7, 11) is 3.42. The first-order valence-corrected chi connectivity index (χ1v) is 21.5. The van der Waals surface area contributed by atoms with Crippen LogP contribution in [-0.4, -0.2) is 82.4 Å². The van der Waals surface area contributed by atoms with Crippen molar-refractivity contribution in [3.8, 4) is 23.3 Å². The number of benzene rings is 3. The Morgan fingerprint density at radius 1 is 0.603 bits per heavy atom. The molecule has 0 N–H and O–H groups in total. The molecule has 9 heterocycles. The molecule has 0 amide bonds. The fourth-order valence-corrected chi connectivity index (χ4v) is 11.1. The average molecular weight is 779 g/mol. The lowest BCUT2D eigenvalue weighted by molar-refractivity contribution is -0.0505. The van der Waals surface area contributed by atoms with E-state index in [1.54, 1.807) is 14.2 Å². The number of fused-ring (bicyclic) bond motifs is 9. The molecule has 10 atom stereocenters. The van der Waals surface area contributed by atoms with Gasteiger partial charge in [-0.25, -0.2) is 0 Å². The summed E-state index contributed by atoms with van der Waals surface area (Å²) in [4.78, 5) is 14.8. The molecule has 0 radical (unpaired) electrons. The van der Waals surface area contributed by atoms with E-state index in [4.69, 9.17) is 39.1 Å². The SMILES string of the molecule is CCC1CN2CCC1CC2[C@@H](Oc1nnc(O[C@@H](c2ccnc3ccc(OC)cc23)C2C[C@H]3CCN2CC3CC)c2ccccc12)c1ccnc2ccc(OC)cc12. The summed E-state index contributed by atoms with van der Waals surface area (Å²) in [6.07, 6.45) is 10.2. The quantitative estimate of drug-likeness (QED) is 0.120. The zero-order chi connectivity index (χ0) is 39.3. The fraction of sp³-hybridized carbons (Fsp3) is 0.458. The number of piperidine rings is 6. The molecule has 300 valence electrons. The monoisotopic (exact) mass is 778 g/mol. The molecule has 10 heteroatoms. The zero-order valence-electron chi connectivity index (χ0n) is 34.1. The topological polar surface area (TPSA) is 95.0 Å². The van der Waals surface area contributed by atoms with Crippen LogP contribution in [0.15, 0.2) is 85.2 Å². The van der Waals surface area contributed by atoms with Gasteiger partial charge in [-0.05, 0) is 123 Å². The van der Waals surface area contributed by atoms with E-state index in [-0.39, 0.29) is 24.3 Å². The standard InChI is InChI=1S/C48H54N6O4/c1-5-29-27-53-21-17-31(29)23-43(53)45(35-15-19-49-41-13-11-33(55-3)25-39(35)41)57-47-37-9-7-8-10-38(37)48(52-51-47)58-46(44-24-32-18-22-54(44)28-30(32)6-2)36-16-20-50-42-14-12-34(56-4)26-40(36)42/h7-16,19-20,25-26,29-32,43-46H,5-6,17-18,21-24,27-28H2,1-4H3/t29?,30?,31-,32?,43?,44?,45+,46+/m1/s1. The van der Waals surface area contributed by atoms with E-state index in [1.165, 1.54) is 25.7 Å². The van der Waals surface area contributed by atoms with Crippen molar-refractivity contribution in [2.75, 3.05) is 40.4 Å². The van der Waals surface area contributed by atoms with Gasteiger partial charge < -0.3 is 18.9 Å². The van der Waals surface area contributed by atoms with Gasteiger partial charge in [0.15, 0.2) is 0 Å². The predicted octanol–water partition coefficient (Wildman–Crippen LogP) is 9.22. The second kappa shape index (κ2) is 15.6. The Balaban J connectivity index is 1.06. The molecule has 0 aliphatic carbocycles. The molecular formula is C48H54N6O4. The maximum absolute atomic E-state index is 7.30. The molecular weight excluding hydrogens is 725 g/mol. The largest absolute Gasteiger partial charge is 0.497 e. The molecule has 10 nitrogen and oxygen atoms in total. The molecule has 0 saturated carbocycles. The maximum Gasteiger partial charge on any atom is 0.242 e. The van der Waals surface area contributed by atoms with E-state index in [0.717, 1.165) is 94.2 Å². The minimum absolute atomic E-state index is 0.180. The maximum atomic E-state index is 7.30. The van der Waals surface area contributed by atoms with Crippen LogP contribution in [0.3, 0.4) is 0 Å². The van der Waals surface area contributed by atoms with Gasteiger partial charge in [0.1, 0.15) is 23.7 Å². The van der Waals surface area contributed by atoms with E-state index in [0.29, 0.717) is 35.4 Å². The Morgan fingerprint density at radius 2 is 1.07 bits per heavy atom. The summed E-state index contributed by atoms with van der Waals surface area (Å²) in [5.41, 5.74) is 4.01. The van der Waals surface area contributed by atoms with Crippen LogP contribution in [0.2, 0.25) is 0 Å². The third-order valence-corrected chi connectivity index (χ3v) is 14.3. The second-order valence-corrected chi connectivity index (χ2v) is 17.0. The molecule has 3 aromatic carbocycles. The number of aromatic nitrogens is 4. The molecule has 12 rings (SSSR count). The van der Waals surface area contributed by atoms with E-state index in [2.05, 4.69) is 72.2 Å². The number of pyridine rings is 2. The first kappa shape index (κ1) is 37.2. The van der Waals surface area contributed by atoms with Crippen LogP contribution in [-0.2, 0) is 0 Å². The van der Waals surface area contributed by atoms with Gasteiger partial charge in [0.25, 0.3) is 0 Å². The summed E-state index contributed by atoms with van der Waals surface area (Å²) in [5.74, 6) is 5.39. The van der Waals surface area contributed by atoms with Gasteiger partial charge in [0, 0.05) is 47.4 Å². The molecule has 6 fully saturated rings. The molecule has 0 spiro atoms. The van der Waals surface area contributed by atoms with Crippen LogP contribution in [0.25, 0.3) is 32.6 Å². The van der Waals surface area contributed by atoms with Crippen molar-refractivity contribution in [3.05, 3.63) is 96.3 Å². The molecule has 3 aromatic heterocycles. The van der Waals surface area contributed by atoms with E-state index >= 15 is 0 Å². The van der Waals surface area contributed by atoms with Gasteiger partial charge in [0.2, 0.25) is 11.8 Å². The number of rotatable bonds is 12. The number of nitrogens with zero attached hydrogens (tertiary/aromatic N) is 6. The number of hydrogen-bond acceptors (Lipinski definition) is 10. The molecule has 6 saturated heterocycles. The van der Waals surface area contributed by atoms with Crippen molar-refractivity contribution in [2.45, 2.75) is 76.7 Å². The Hall–Kier alpha value is -5.06.